The minimum absolute atomic E-state index is 0.0689. The van der Waals surface area contributed by atoms with Crippen LogP contribution >= 0.6 is 0 Å². The van der Waals surface area contributed by atoms with Gasteiger partial charge in [-0.25, -0.2) is 4.98 Å². The Morgan fingerprint density at radius 2 is 1.75 bits per heavy atom. The van der Waals surface area contributed by atoms with E-state index in [1.807, 2.05) is 59.3 Å². The van der Waals surface area contributed by atoms with Crippen LogP contribution in [0.25, 0.3) is 16.9 Å². The third-order valence-electron chi connectivity index (χ3n) is 4.26. The summed E-state index contributed by atoms with van der Waals surface area (Å²) in [5.41, 5.74) is 3.46. The van der Waals surface area contributed by atoms with Gasteiger partial charge in [0.25, 0.3) is 5.91 Å². The normalized spacial score (nSPS) is 10.6. The van der Waals surface area contributed by atoms with Crippen LogP contribution in [0.5, 0.6) is 11.5 Å². The number of carbonyl (C=O) groups is 1. The van der Waals surface area contributed by atoms with Crippen molar-refractivity contribution >= 4 is 17.2 Å². The average molecular weight is 373 g/mol. The van der Waals surface area contributed by atoms with Gasteiger partial charge in [0.2, 0.25) is 0 Å². The number of rotatable bonds is 6. The fourth-order valence-electron chi connectivity index (χ4n) is 2.82. The van der Waals surface area contributed by atoms with Crippen molar-refractivity contribution in [1.29, 1.82) is 0 Å². The number of pyridine rings is 1. The molecule has 0 fully saturated rings. The van der Waals surface area contributed by atoms with E-state index < -0.39 is 0 Å². The Morgan fingerprint density at radius 3 is 2.46 bits per heavy atom. The first kappa shape index (κ1) is 17.6. The van der Waals surface area contributed by atoms with Gasteiger partial charge >= 0.3 is 0 Å². The summed E-state index contributed by atoms with van der Waals surface area (Å²) in [7, 11) is 1.60. The second-order valence-corrected chi connectivity index (χ2v) is 6.18. The molecule has 0 aliphatic carbocycles. The molecule has 4 aromatic rings. The Bertz CT molecular complexity index is 1050. The van der Waals surface area contributed by atoms with Crippen LogP contribution in [0, 0.1) is 0 Å². The average Bonchev–Trinajstić information content (AvgIpc) is 3.17. The van der Waals surface area contributed by atoms with E-state index in [4.69, 9.17) is 9.47 Å². The first-order valence-corrected chi connectivity index (χ1v) is 8.82. The van der Waals surface area contributed by atoms with E-state index in [-0.39, 0.29) is 12.5 Å². The summed E-state index contributed by atoms with van der Waals surface area (Å²) in [4.78, 5) is 16.7. The lowest BCUT2D eigenvalue weighted by molar-refractivity contribution is -0.118. The highest BCUT2D eigenvalue weighted by molar-refractivity contribution is 5.92. The predicted octanol–water partition coefficient (Wildman–Crippen LogP) is 4.03. The highest BCUT2D eigenvalue weighted by atomic mass is 16.5. The molecule has 0 saturated heterocycles. The Kier molecular flexibility index (Phi) is 4.93. The summed E-state index contributed by atoms with van der Waals surface area (Å²) < 4.78 is 12.6. The number of anilines is 1. The molecule has 0 atom stereocenters. The van der Waals surface area contributed by atoms with Crippen molar-refractivity contribution in [2.45, 2.75) is 0 Å². The van der Waals surface area contributed by atoms with Crippen LogP contribution in [0.4, 0.5) is 5.69 Å². The summed E-state index contributed by atoms with van der Waals surface area (Å²) in [5, 5.41) is 2.83. The number of nitrogens with one attached hydrogen (secondary N) is 1. The molecule has 0 radical (unpaired) electrons. The number of ether oxygens (including phenoxy) is 2. The van der Waals surface area contributed by atoms with E-state index in [1.54, 1.807) is 31.4 Å². The number of carbonyl (C=O) groups excluding carboxylic acids is 1. The molecule has 1 amide bonds. The van der Waals surface area contributed by atoms with Gasteiger partial charge in [-0.1, -0.05) is 18.2 Å². The van der Waals surface area contributed by atoms with E-state index in [0.29, 0.717) is 11.4 Å². The van der Waals surface area contributed by atoms with Gasteiger partial charge in [-0.15, -0.1) is 0 Å². The van der Waals surface area contributed by atoms with Gasteiger partial charge in [0, 0.05) is 23.6 Å². The molecule has 0 aliphatic heterocycles. The number of nitrogens with zero attached hydrogens (tertiary/aromatic N) is 2. The second-order valence-electron chi connectivity index (χ2n) is 6.18. The van der Waals surface area contributed by atoms with Crippen molar-refractivity contribution in [3.8, 4) is 22.8 Å². The van der Waals surface area contributed by atoms with Gasteiger partial charge in [0.15, 0.2) is 6.61 Å². The smallest absolute Gasteiger partial charge is 0.262 e. The van der Waals surface area contributed by atoms with Gasteiger partial charge in [-0.2, -0.15) is 0 Å². The van der Waals surface area contributed by atoms with Crippen LogP contribution in [0.1, 0.15) is 0 Å². The zero-order valence-corrected chi connectivity index (χ0v) is 15.3. The minimum Gasteiger partial charge on any atom is -0.497 e. The number of aromatic nitrogens is 2. The van der Waals surface area contributed by atoms with E-state index in [9.17, 15) is 4.79 Å². The van der Waals surface area contributed by atoms with Crippen LogP contribution in [0.15, 0.2) is 79.1 Å². The standard InChI is InChI=1S/C22H19N3O3/c1-27-18-9-11-19(12-10-18)28-15-22(26)23-17-7-5-16(6-8-17)20-14-25-13-3-2-4-21(25)24-20/h2-14H,15H2,1H3,(H,23,26). The van der Waals surface area contributed by atoms with E-state index >= 15 is 0 Å². The van der Waals surface area contributed by atoms with Gasteiger partial charge in [-0.3, -0.25) is 4.79 Å². The molecule has 140 valence electrons. The molecule has 0 saturated carbocycles. The molecule has 0 unspecified atom stereocenters. The zero-order valence-electron chi connectivity index (χ0n) is 15.3. The molecule has 0 spiro atoms. The minimum atomic E-state index is -0.226. The number of methoxy groups -OCH3 is 1. The number of hydrogen-bond acceptors (Lipinski definition) is 4. The number of hydrogen-bond donors (Lipinski definition) is 1. The Morgan fingerprint density at radius 1 is 1.00 bits per heavy atom. The summed E-state index contributed by atoms with van der Waals surface area (Å²) >= 11 is 0. The molecule has 2 aromatic carbocycles. The van der Waals surface area contributed by atoms with E-state index in [0.717, 1.165) is 22.7 Å². The molecule has 2 heterocycles. The van der Waals surface area contributed by atoms with Crippen LogP contribution in [-0.2, 0) is 4.79 Å². The van der Waals surface area contributed by atoms with Crippen molar-refractivity contribution < 1.29 is 14.3 Å². The quantitative estimate of drug-likeness (QED) is 0.554. The molecule has 0 aliphatic rings. The highest BCUT2D eigenvalue weighted by Gasteiger charge is 2.07. The first-order chi connectivity index (χ1) is 13.7. The molecule has 2 aromatic heterocycles. The maximum atomic E-state index is 12.1. The number of imidazole rings is 1. The molecule has 4 rings (SSSR count). The highest BCUT2D eigenvalue weighted by Crippen LogP contribution is 2.21. The van der Waals surface area contributed by atoms with Crippen LogP contribution in [0.2, 0.25) is 0 Å². The lowest BCUT2D eigenvalue weighted by atomic mass is 10.1. The lowest BCUT2D eigenvalue weighted by Gasteiger charge is -2.08. The van der Waals surface area contributed by atoms with E-state index in [2.05, 4.69) is 10.3 Å². The number of fused-ring (bicyclic) bond motifs is 1. The van der Waals surface area contributed by atoms with Crippen LogP contribution in [-0.4, -0.2) is 29.0 Å². The second kappa shape index (κ2) is 7.84. The van der Waals surface area contributed by atoms with Crippen LogP contribution in [0.3, 0.4) is 0 Å². The summed E-state index contributed by atoms with van der Waals surface area (Å²) in [6.45, 7) is -0.0689. The van der Waals surface area contributed by atoms with Crippen molar-refractivity contribution in [2.24, 2.45) is 0 Å². The Hall–Kier alpha value is -3.80. The third-order valence-corrected chi connectivity index (χ3v) is 4.26. The SMILES string of the molecule is COc1ccc(OCC(=O)Nc2ccc(-c3cn4ccccc4n3)cc2)cc1. The summed E-state index contributed by atoms with van der Waals surface area (Å²) in [6.07, 6.45) is 3.94. The van der Waals surface area contributed by atoms with Gasteiger partial charge in [-0.05, 0) is 48.5 Å². The van der Waals surface area contributed by atoms with Crippen molar-refractivity contribution in [2.75, 3.05) is 19.0 Å². The summed E-state index contributed by atoms with van der Waals surface area (Å²) in [6, 6.07) is 20.5. The number of benzene rings is 2. The number of amides is 1. The predicted molar refractivity (Wildman–Crippen MR) is 108 cm³/mol. The maximum Gasteiger partial charge on any atom is 0.262 e. The van der Waals surface area contributed by atoms with Gasteiger partial charge in [0.1, 0.15) is 17.1 Å². The molecular formula is C22H19N3O3. The van der Waals surface area contributed by atoms with Crippen molar-refractivity contribution in [1.82, 2.24) is 9.38 Å². The Balaban J connectivity index is 1.36. The Labute approximate surface area is 162 Å². The molecular weight excluding hydrogens is 354 g/mol. The fourth-order valence-corrected chi connectivity index (χ4v) is 2.82. The lowest BCUT2D eigenvalue weighted by Crippen LogP contribution is -2.20. The molecule has 6 nitrogen and oxygen atoms in total. The van der Waals surface area contributed by atoms with Crippen molar-refractivity contribution in [3.05, 3.63) is 79.1 Å². The fraction of sp³-hybridized carbons (Fsp3) is 0.0909. The molecule has 1 N–H and O–H groups in total. The summed E-state index contributed by atoms with van der Waals surface area (Å²) in [5.74, 6) is 1.12. The monoisotopic (exact) mass is 373 g/mol. The maximum absolute atomic E-state index is 12.1. The molecule has 28 heavy (non-hydrogen) atoms. The third kappa shape index (κ3) is 3.96. The van der Waals surface area contributed by atoms with E-state index in [1.165, 1.54) is 0 Å². The first-order valence-electron chi connectivity index (χ1n) is 8.82. The van der Waals surface area contributed by atoms with Gasteiger partial charge in [0.05, 0.1) is 12.8 Å². The zero-order chi connectivity index (χ0) is 19.3. The van der Waals surface area contributed by atoms with Crippen molar-refractivity contribution in [3.63, 3.8) is 0 Å². The largest absolute Gasteiger partial charge is 0.497 e. The molecule has 0 bridgehead atoms. The van der Waals surface area contributed by atoms with Crippen LogP contribution < -0.4 is 14.8 Å². The van der Waals surface area contributed by atoms with Gasteiger partial charge < -0.3 is 19.2 Å². The topological polar surface area (TPSA) is 64.9 Å². The molecule has 6 heteroatoms.